The van der Waals surface area contributed by atoms with E-state index in [1.54, 1.807) is 13.8 Å². The zero-order chi connectivity index (χ0) is 21.5. The lowest BCUT2D eigenvalue weighted by Crippen LogP contribution is -2.50. The average Bonchev–Trinajstić information content (AvgIpc) is 2.77. The molecule has 2 amide bonds. The molecule has 0 saturated heterocycles. The summed E-state index contributed by atoms with van der Waals surface area (Å²) in [4.78, 5) is 24.5. The molecule has 2 unspecified atom stereocenters. The molecule has 6 heteroatoms. The molecule has 156 valence electrons. The molecule has 30 heavy (non-hydrogen) atoms. The van der Waals surface area contributed by atoms with Gasteiger partial charge in [-0.15, -0.1) is 0 Å². The summed E-state index contributed by atoms with van der Waals surface area (Å²) in [7, 11) is 0. The van der Waals surface area contributed by atoms with Crippen LogP contribution in [-0.2, 0) is 16.0 Å². The predicted octanol–water partition coefficient (Wildman–Crippen LogP) is 3.78. The number of hydrazine groups is 1. The summed E-state index contributed by atoms with van der Waals surface area (Å²) in [5.74, 6) is 0.251. The van der Waals surface area contributed by atoms with Crippen LogP contribution in [0.15, 0.2) is 66.7 Å². The van der Waals surface area contributed by atoms with E-state index >= 15 is 0 Å². The van der Waals surface area contributed by atoms with Gasteiger partial charge in [0.15, 0.2) is 12.2 Å². The van der Waals surface area contributed by atoms with Crippen LogP contribution in [-0.4, -0.2) is 24.0 Å². The van der Waals surface area contributed by atoms with Crippen molar-refractivity contribution in [2.24, 2.45) is 0 Å². The fourth-order valence-electron chi connectivity index (χ4n) is 2.89. The maximum absolute atomic E-state index is 12.3. The van der Waals surface area contributed by atoms with Gasteiger partial charge in [0.25, 0.3) is 11.8 Å². The van der Waals surface area contributed by atoms with E-state index in [2.05, 4.69) is 17.8 Å². The normalized spacial score (nSPS) is 12.6. The Bertz CT molecular complexity index is 1020. The minimum atomic E-state index is -0.788. The molecule has 0 aliphatic carbocycles. The van der Waals surface area contributed by atoms with Crippen LogP contribution in [0.5, 0.6) is 11.5 Å². The molecule has 3 rings (SSSR count). The minimum Gasteiger partial charge on any atom is -0.481 e. The fraction of sp³-hybridized carbons (Fsp3) is 0.250. The smallest absolute Gasteiger partial charge is 0.279 e. The molecule has 0 aliphatic heterocycles. The number of nitrogens with one attached hydrogen (secondary N) is 2. The molecule has 0 bridgehead atoms. The summed E-state index contributed by atoms with van der Waals surface area (Å²) in [6, 6.07) is 21.1. The van der Waals surface area contributed by atoms with Crippen LogP contribution in [0.4, 0.5) is 0 Å². The molecule has 2 atom stereocenters. The van der Waals surface area contributed by atoms with Gasteiger partial charge >= 0.3 is 0 Å². The Morgan fingerprint density at radius 2 is 1.30 bits per heavy atom. The SMILES string of the molecule is CCc1ccc(OC(C)C(=O)NNC(=O)C(C)Oc2ccc3ccccc3c2)cc1. The first-order valence-corrected chi connectivity index (χ1v) is 9.97. The lowest BCUT2D eigenvalue weighted by molar-refractivity contribution is -0.135. The van der Waals surface area contributed by atoms with E-state index in [4.69, 9.17) is 9.47 Å². The zero-order valence-corrected chi connectivity index (χ0v) is 17.3. The Balaban J connectivity index is 1.48. The number of carbonyl (C=O) groups excluding carboxylic acids is 2. The second-order valence-electron chi connectivity index (χ2n) is 7.01. The molecule has 0 spiro atoms. The van der Waals surface area contributed by atoms with Gasteiger partial charge in [0, 0.05) is 0 Å². The molecule has 2 N–H and O–H groups in total. The van der Waals surface area contributed by atoms with Crippen molar-refractivity contribution in [3.05, 3.63) is 72.3 Å². The Hall–Kier alpha value is -3.54. The van der Waals surface area contributed by atoms with Crippen LogP contribution < -0.4 is 20.3 Å². The Morgan fingerprint density at radius 1 is 0.767 bits per heavy atom. The summed E-state index contributed by atoms with van der Waals surface area (Å²) >= 11 is 0. The predicted molar refractivity (Wildman–Crippen MR) is 116 cm³/mol. The van der Waals surface area contributed by atoms with Crippen molar-refractivity contribution < 1.29 is 19.1 Å². The van der Waals surface area contributed by atoms with Gasteiger partial charge in [-0.3, -0.25) is 20.4 Å². The van der Waals surface area contributed by atoms with Crippen LogP contribution in [0.25, 0.3) is 10.8 Å². The number of benzene rings is 3. The first-order valence-electron chi connectivity index (χ1n) is 9.97. The third-order valence-electron chi connectivity index (χ3n) is 4.73. The monoisotopic (exact) mass is 406 g/mol. The highest BCUT2D eigenvalue weighted by Crippen LogP contribution is 2.21. The standard InChI is InChI=1S/C24H26N2O4/c1-4-18-9-12-21(13-10-18)29-16(2)23(27)25-26-24(28)17(3)30-22-14-11-19-7-5-6-8-20(19)15-22/h5-17H,4H2,1-3H3,(H,25,27)(H,26,28). The number of fused-ring (bicyclic) bond motifs is 1. The number of amides is 2. The summed E-state index contributed by atoms with van der Waals surface area (Å²) in [6.45, 7) is 5.30. The third-order valence-corrected chi connectivity index (χ3v) is 4.73. The highest BCUT2D eigenvalue weighted by atomic mass is 16.5. The number of carbonyl (C=O) groups is 2. The second kappa shape index (κ2) is 9.78. The molecule has 0 aromatic heterocycles. The minimum absolute atomic E-state index is 0.458. The number of rotatable bonds is 7. The molecular weight excluding hydrogens is 380 g/mol. The zero-order valence-electron chi connectivity index (χ0n) is 17.3. The summed E-state index contributed by atoms with van der Waals surface area (Å²) in [5.41, 5.74) is 5.95. The molecule has 3 aromatic carbocycles. The van der Waals surface area contributed by atoms with Crippen molar-refractivity contribution in [2.45, 2.75) is 39.4 Å². The lowest BCUT2D eigenvalue weighted by atomic mass is 10.1. The second-order valence-corrected chi connectivity index (χ2v) is 7.01. The molecule has 0 radical (unpaired) electrons. The van der Waals surface area contributed by atoms with Crippen LogP contribution in [0.1, 0.15) is 26.3 Å². The van der Waals surface area contributed by atoms with Crippen molar-refractivity contribution in [3.8, 4) is 11.5 Å². The highest BCUT2D eigenvalue weighted by molar-refractivity contribution is 5.87. The molecular formula is C24H26N2O4. The molecule has 0 heterocycles. The molecule has 3 aromatic rings. The van der Waals surface area contributed by atoms with E-state index in [1.165, 1.54) is 5.56 Å². The first-order chi connectivity index (χ1) is 14.5. The van der Waals surface area contributed by atoms with Crippen molar-refractivity contribution in [1.82, 2.24) is 10.9 Å². The van der Waals surface area contributed by atoms with E-state index in [0.29, 0.717) is 11.5 Å². The average molecular weight is 406 g/mol. The van der Waals surface area contributed by atoms with Gasteiger partial charge in [0.2, 0.25) is 0 Å². The fourth-order valence-corrected chi connectivity index (χ4v) is 2.89. The number of aryl methyl sites for hydroxylation is 1. The summed E-state index contributed by atoms with van der Waals surface area (Å²) in [6.07, 6.45) is -0.624. The lowest BCUT2D eigenvalue weighted by Gasteiger charge is -2.18. The van der Waals surface area contributed by atoms with Crippen molar-refractivity contribution >= 4 is 22.6 Å². The van der Waals surface area contributed by atoms with Gasteiger partial charge in [0.1, 0.15) is 11.5 Å². The maximum atomic E-state index is 12.3. The van der Waals surface area contributed by atoms with Crippen molar-refractivity contribution in [1.29, 1.82) is 0 Å². The van der Waals surface area contributed by atoms with Gasteiger partial charge in [-0.25, -0.2) is 0 Å². The largest absolute Gasteiger partial charge is 0.481 e. The third kappa shape index (κ3) is 5.50. The van der Waals surface area contributed by atoms with Gasteiger partial charge < -0.3 is 9.47 Å². The highest BCUT2D eigenvalue weighted by Gasteiger charge is 2.19. The van der Waals surface area contributed by atoms with Gasteiger partial charge in [-0.2, -0.15) is 0 Å². The Labute approximate surface area is 176 Å². The van der Waals surface area contributed by atoms with Crippen molar-refractivity contribution in [3.63, 3.8) is 0 Å². The Morgan fingerprint density at radius 3 is 1.90 bits per heavy atom. The van der Waals surface area contributed by atoms with Gasteiger partial charge in [-0.1, -0.05) is 49.4 Å². The van der Waals surface area contributed by atoms with E-state index in [-0.39, 0.29) is 0 Å². The molecule has 6 nitrogen and oxygen atoms in total. The van der Waals surface area contributed by atoms with E-state index < -0.39 is 24.0 Å². The molecule has 0 aliphatic rings. The van der Waals surface area contributed by atoms with Crippen molar-refractivity contribution in [2.75, 3.05) is 0 Å². The molecule has 0 saturated carbocycles. The number of hydrogen-bond acceptors (Lipinski definition) is 4. The van der Waals surface area contributed by atoms with Crippen LogP contribution in [0, 0.1) is 0 Å². The Kier molecular flexibility index (Phi) is 6.91. The number of ether oxygens (including phenoxy) is 2. The molecule has 0 fully saturated rings. The van der Waals surface area contributed by atoms with E-state index in [1.807, 2.05) is 66.7 Å². The van der Waals surface area contributed by atoms with Gasteiger partial charge in [0.05, 0.1) is 0 Å². The van der Waals surface area contributed by atoms with Crippen LogP contribution >= 0.6 is 0 Å². The first kappa shape index (κ1) is 21.2. The van der Waals surface area contributed by atoms with Gasteiger partial charge in [-0.05, 0) is 60.9 Å². The van der Waals surface area contributed by atoms with E-state index in [0.717, 1.165) is 17.2 Å². The summed E-state index contributed by atoms with van der Waals surface area (Å²) < 4.78 is 11.3. The maximum Gasteiger partial charge on any atom is 0.279 e. The summed E-state index contributed by atoms with van der Waals surface area (Å²) in [5, 5.41) is 2.11. The van der Waals surface area contributed by atoms with E-state index in [9.17, 15) is 9.59 Å². The number of hydrogen-bond donors (Lipinski definition) is 2. The van der Waals surface area contributed by atoms with Crippen LogP contribution in [0.2, 0.25) is 0 Å². The quantitative estimate of drug-likeness (QED) is 0.586. The van der Waals surface area contributed by atoms with Crippen LogP contribution in [0.3, 0.4) is 0 Å². The topological polar surface area (TPSA) is 76.7 Å².